The zero-order valence-corrected chi connectivity index (χ0v) is 15.8. The maximum Gasteiger partial charge on any atom is 0.358 e. The lowest BCUT2D eigenvalue weighted by Gasteiger charge is -2.17. The molecule has 146 valence electrons. The topological polar surface area (TPSA) is 108 Å². The van der Waals surface area contributed by atoms with Crippen molar-refractivity contribution in [1.29, 1.82) is 0 Å². The van der Waals surface area contributed by atoms with E-state index in [-0.39, 0.29) is 11.5 Å². The van der Waals surface area contributed by atoms with Gasteiger partial charge in [-0.1, -0.05) is 41.9 Å². The van der Waals surface area contributed by atoms with Gasteiger partial charge in [-0.15, -0.1) is 0 Å². The molecule has 0 saturated carbocycles. The number of carboxylic acids is 1. The predicted octanol–water partition coefficient (Wildman–Crippen LogP) is 4.22. The van der Waals surface area contributed by atoms with Crippen molar-refractivity contribution in [3.63, 3.8) is 0 Å². The molecule has 1 amide bonds. The molecule has 29 heavy (non-hydrogen) atoms. The second-order valence-corrected chi connectivity index (χ2v) is 6.94. The number of carbonyl (C=O) groups is 2. The molecule has 0 radical (unpaired) electrons. The Hall–Kier alpha value is -3.58. The number of rotatable bonds is 6. The monoisotopic (exact) mass is 409 g/mol. The summed E-state index contributed by atoms with van der Waals surface area (Å²) in [6.07, 6.45) is 1.40. The molecule has 0 fully saturated rings. The van der Waals surface area contributed by atoms with E-state index in [0.29, 0.717) is 17.1 Å². The number of aromatic nitrogens is 2. The predicted molar refractivity (Wildman–Crippen MR) is 107 cm³/mol. The van der Waals surface area contributed by atoms with Gasteiger partial charge >= 0.3 is 5.97 Å². The molecule has 4 rings (SSSR count). The number of carboxylic acid groups (broad SMARTS) is 1. The molecule has 4 aromatic rings. The quantitative estimate of drug-likeness (QED) is 0.441. The third-order valence-corrected chi connectivity index (χ3v) is 4.76. The van der Waals surface area contributed by atoms with Gasteiger partial charge in [0.2, 0.25) is 0 Å². The number of aromatic amines is 1. The number of carbonyl (C=O) groups excluding carboxylic acids is 1. The average molecular weight is 410 g/mol. The highest BCUT2D eigenvalue weighted by Gasteiger charge is 2.27. The minimum absolute atomic E-state index is 0.0915. The number of aromatic carboxylic acids is 1. The van der Waals surface area contributed by atoms with E-state index < -0.39 is 17.9 Å². The van der Waals surface area contributed by atoms with Crippen LogP contribution in [0.15, 0.2) is 65.4 Å². The first-order valence-corrected chi connectivity index (χ1v) is 9.19. The Labute approximate surface area is 170 Å². The lowest BCUT2D eigenvalue weighted by Crippen LogP contribution is -2.31. The van der Waals surface area contributed by atoms with E-state index >= 15 is 0 Å². The van der Waals surface area contributed by atoms with Gasteiger partial charge in [-0.2, -0.15) is 0 Å². The minimum atomic E-state index is -1.22. The fourth-order valence-electron chi connectivity index (χ4n) is 3.18. The van der Waals surface area contributed by atoms with E-state index in [0.717, 1.165) is 22.9 Å². The lowest BCUT2D eigenvalue weighted by atomic mass is 10.0. The average Bonchev–Trinajstić information content (AvgIpc) is 3.35. The highest BCUT2D eigenvalue weighted by atomic mass is 35.5. The smallest absolute Gasteiger partial charge is 0.358 e. The fourth-order valence-corrected chi connectivity index (χ4v) is 3.36. The summed E-state index contributed by atoms with van der Waals surface area (Å²) < 4.78 is 5.34. The molecule has 0 saturated heterocycles. The standard InChI is InChI=1S/C21H16ClN3O4/c22-14-6-7-15-13(9-14)10-17(24-15)20(26)25-16(8-12-4-2-1-3-5-12)19-18(21(27)28)23-11-29-19/h1-7,9-11,16,24H,8H2,(H,25,26)(H,27,28). The SMILES string of the molecule is O=C(NC(Cc1ccccc1)c1ocnc1C(=O)O)c1cc2cc(Cl)ccc2[nH]1. The molecule has 2 aromatic carbocycles. The van der Waals surface area contributed by atoms with Crippen LogP contribution < -0.4 is 5.32 Å². The van der Waals surface area contributed by atoms with Crippen LogP contribution in [0.25, 0.3) is 10.9 Å². The van der Waals surface area contributed by atoms with Gasteiger partial charge < -0.3 is 19.8 Å². The van der Waals surface area contributed by atoms with Crippen molar-refractivity contribution >= 4 is 34.4 Å². The molecule has 7 nitrogen and oxygen atoms in total. The number of halogens is 1. The Morgan fingerprint density at radius 1 is 1.17 bits per heavy atom. The summed E-state index contributed by atoms with van der Waals surface area (Å²) in [5.74, 6) is -1.53. The van der Waals surface area contributed by atoms with Crippen molar-refractivity contribution in [3.8, 4) is 0 Å². The molecule has 0 bridgehead atoms. The maximum absolute atomic E-state index is 12.9. The number of nitrogens with one attached hydrogen (secondary N) is 2. The first-order chi connectivity index (χ1) is 14.0. The number of hydrogen-bond acceptors (Lipinski definition) is 4. The van der Waals surface area contributed by atoms with Gasteiger partial charge in [0.05, 0.1) is 6.04 Å². The van der Waals surface area contributed by atoms with Crippen LogP contribution >= 0.6 is 11.6 Å². The Bertz CT molecular complexity index is 1180. The van der Waals surface area contributed by atoms with Crippen LogP contribution in [-0.2, 0) is 6.42 Å². The number of amides is 1. The van der Waals surface area contributed by atoms with Gasteiger partial charge in [-0.25, -0.2) is 9.78 Å². The molecule has 0 spiro atoms. The molecule has 1 atom stereocenters. The molecule has 0 aliphatic carbocycles. The molecule has 2 heterocycles. The highest BCUT2D eigenvalue weighted by Crippen LogP contribution is 2.24. The van der Waals surface area contributed by atoms with E-state index in [1.165, 1.54) is 0 Å². The first kappa shape index (κ1) is 18.8. The third kappa shape index (κ3) is 4.00. The van der Waals surface area contributed by atoms with Crippen molar-refractivity contribution < 1.29 is 19.1 Å². The van der Waals surface area contributed by atoms with Gasteiger partial charge in [0, 0.05) is 22.3 Å². The Morgan fingerprint density at radius 2 is 1.97 bits per heavy atom. The Kier molecular flexibility index (Phi) is 5.05. The third-order valence-electron chi connectivity index (χ3n) is 4.53. The molecule has 0 aliphatic rings. The molecule has 2 aromatic heterocycles. The summed E-state index contributed by atoms with van der Waals surface area (Å²) in [6, 6.07) is 15.6. The second-order valence-electron chi connectivity index (χ2n) is 6.50. The summed E-state index contributed by atoms with van der Waals surface area (Å²) in [6.45, 7) is 0. The van der Waals surface area contributed by atoms with Crippen LogP contribution in [0.1, 0.15) is 38.3 Å². The van der Waals surface area contributed by atoms with Gasteiger partial charge in [0.25, 0.3) is 5.91 Å². The highest BCUT2D eigenvalue weighted by molar-refractivity contribution is 6.31. The second kappa shape index (κ2) is 7.81. The van der Waals surface area contributed by atoms with E-state index in [4.69, 9.17) is 16.0 Å². The van der Waals surface area contributed by atoms with Gasteiger partial charge in [0.1, 0.15) is 5.69 Å². The molecule has 8 heteroatoms. The van der Waals surface area contributed by atoms with E-state index in [2.05, 4.69) is 15.3 Å². The molecule has 0 aliphatic heterocycles. The molecular weight excluding hydrogens is 394 g/mol. The molecule has 3 N–H and O–H groups in total. The van der Waals surface area contributed by atoms with Crippen molar-refractivity contribution in [1.82, 2.24) is 15.3 Å². The zero-order chi connectivity index (χ0) is 20.4. The van der Waals surface area contributed by atoms with Crippen LogP contribution in [0.5, 0.6) is 0 Å². The fraction of sp³-hybridized carbons (Fsp3) is 0.0952. The normalized spacial score (nSPS) is 12.0. The molecule has 1 unspecified atom stereocenters. The van der Waals surface area contributed by atoms with Crippen LogP contribution in [0.3, 0.4) is 0 Å². The van der Waals surface area contributed by atoms with E-state index in [1.54, 1.807) is 24.3 Å². The van der Waals surface area contributed by atoms with Crippen LogP contribution in [-0.4, -0.2) is 27.0 Å². The maximum atomic E-state index is 12.9. The van der Waals surface area contributed by atoms with Gasteiger partial charge in [-0.05, 0) is 29.8 Å². The Balaban J connectivity index is 1.65. The summed E-state index contributed by atoms with van der Waals surface area (Å²) in [7, 11) is 0. The van der Waals surface area contributed by atoms with Crippen LogP contribution in [0, 0.1) is 0 Å². The largest absolute Gasteiger partial charge is 0.476 e. The van der Waals surface area contributed by atoms with Crippen molar-refractivity contribution in [2.75, 3.05) is 0 Å². The number of H-pyrrole nitrogens is 1. The number of hydrogen-bond donors (Lipinski definition) is 3. The number of nitrogens with zero attached hydrogens (tertiary/aromatic N) is 1. The molecular formula is C21H16ClN3O4. The minimum Gasteiger partial charge on any atom is -0.476 e. The van der Waals surface area contributed by atoms with E-state index in [1.807, 2.05) is 30.3 Å². The van der Waals surface area contributed by atoms with E-state index in [9.17, 15) is 14.7 Å². The summed E-state index contributed by atoms with van der Waals surface area (Å²) in [5, 5.41) is 13.6. The number of oxazole rings is 1. The summed E-state index contributed by atoms with van der Waals surface area (Å²) in [4.78, 5) is 31.2. The summed E-state index contributed by atoms with van der Waals surface area (Å²) in [5.41, 5.74) is 1.78. The van der Waals surface area contributed by atoms with Crippen molar-refractivity contribution in [3.05, 3.63) is 88.7 Å². The first-order valence-electron chi connectivity index (χ1n) is 8.81. The van der Waals surface area contributed by atoms with Gasteiger partial charge in [-0.3, -0.25) is 4.79 Å². The van der Waals surface area contributed by atoms with Crippen LogP contribution in [0.4, 0.5) is 0 Å². The zero-order valence-electron chi connectivity index (χ0n) is 15.1. The van der Waals surface area contributed by atoms with Crippen molar-refractivity contribution in [2.24, 2.45) is 0 Å². The Morgan fingerprint density at radius 3 is 2.72 bits per heavy atom. The number of fused-ring (bicyclic) bond motifs is 1. The van der Waals surface area contributed by atoms with Crippen LogP contribution in [0.2, 0.25) is 5.02 Å². The van der Waals surface area contributed by atoms with Crippen molar-refractivity contribution in [2.45, 2.75) is 12.5 Å². The lowest BCUT2D eigenvalue weighted by molar-refractivity contribution is 0.0685. The summed E-state index contributed by atoms with van der Waals surface area (Å²) >= 11 is 6.01. The van der Waals surface area contributed by atoms with Gasteiger partial charge in [0.15, 0.2) is 17.8 Å². The number of benzene rings is 2.